The normalized spacial score (nSPS) is 10.4. The Labute approximate surface area is 88.4 Å². The average molecular weight is 255 g/mol. The van der Waals surface area contributed by atoms with Gasteiger partial charge >= 0.3 is 5.97 Å². The first-order chi connectivity index (χ1) is 6.72. The molecule has 4 nitrogen and oxygen atoms in total. The largest absolute Gasteiger partial charge is 0.465 e. The van der Waals surface area contributed by atoms with E-state index in [0.29, 0.717) is 11.1 Å². The van der Waals surface area contributed by atoms with Crippen LogP contribution in [0.5, 0.6) is 0 Å². The van der Waals surface area contributed by atoms with E-state index in [1.54, 1.807) is 12.4 Å². The summed E-state index contributed by atoms with van der Waals surface area (Å²) in [7, 11) is 1.35. The topological polar surface area (TPSA) is 55.0 Å². The number of H-pyrrole nitrogens is 1. The standard InChI is InChI=1S/C9H7BrN2O2/c1-14-9(13)6-4-11-7-2-5(10)3-12-8(6)7/h2-4,11H,1H3. The third-order valence-corrected chi connectivity index (χ3v) is 2.32. The van der Waals surface area contributed by atoms with Crippen molar-refractivity contribution in [2.75, 3.05) is 7.11 Å². The molecule has 0 saturated carbocycles. The highest BCUT2D eigenvalue weighted by molar-refractivity contribution is 9.10. The molecule has 2 rings (SSSR count). The van der Waals surface area contributed by atoms with Gasteiger partial charge in [0.1, 0.15) is 11.1 Å². The summed E-state index contributed by atoms with van der Waals surface area (Å²) in [4.78, 5) is 18.4. The molecule has 0 aromatic carbocycles. The lowest BCUT2D eigenvalue weighted by atomic mass is 10.3. The molecule has 0 atom stereocenters. The van der Waals surface area contributed by atoms with Crippen LogP contribution in [0.15, 0.2) is 22.9 Å². The van der Waals surface area contributed by atoms with Gasteiger partial charge in [-0.15, -0.1) is 0 Å². The number of pyridine rings is 1. The van der Waals surface area contributed by atoms with Crippen LogP contribution in [0.2, 0.25) is 0 Å². The summed E-state index contributed by atoms with van der Waals surface area (Å²) < 4.78 is 5.49. The number of aromatic amines is 1. The van der Waals surface area contributed by atoms with Crippen molar-refractivity contribution in [1.29, 1.82) is 0 Å². The van der Waals surface area contributed by atoms with E-state index in [1.807, 2.05) is 6.07 Å². The average Bonchev–Trinajstić information content (AvgIpc) is 2.59. The highest BCUT2D eigenvalue weighted by Gasteiger charge is 2.12. The van der Waals surface area contributed by atoms with E-state index < -0.39 is 0 Å². The fraction of sp³-hybridized carbons (Fsp3) is 0.111. The number of methoxy groups -OCH3 is 1. The van der Waals surface area contributed by atoms with Crippen molar-refractivity contribution >= 4 is 32.9 Å². The molecule has 5 heteroatoms. The molecule has 0 saturated heterocycles. The number of fused-ring (bicyclic) bond motifs is 1. The Morgan fingerprint density at radius 1 is 1.64 bits per heavy atom. The summed E-state index contributed by atoms with van der Waals surface area (Å²) in [5.41, 5.74) is 1.88. The molecule has 0 aliphatic heterocycles. The number of nitrogens with zero attached hydrogens (tertiary/aromatic N) is 1. The van der Waals surface area contributed by atoms with Crippen LogP contribution in [-0.2, 0) is 4.74 Å². The molecule has 1 N–H and O–H groups in total. The molecule has 0 fully saturated rings. The Kier molecular flexibility index (Phi) is 2.25. The monoisotopic (exact) mass is 254 g/mol. The smallest absolute Gasteiger partial charge is 0.341 e. The summed E-state index contributed by atoms with van der Waals surface area (Å²) >= 11 is 3.30. The van der Waals surface area contributed by atoms with Crippen LogP contribution >= 0.6 is 15.9 Å². The van der Waals surface area contributed by atoms with E-state index in [2.05, 4.69) is 30.6 Å². The number of carbonyl (C=O) groups excluding carboxylic acids is 1. The van der Waals surface area contributed by atoms with Crippen molar-refractivity contribution in [1.82, 2.24) is 9.97 Å². The van der Waals surface area contributed by atoms with E-state index in [4.69, 9.17) is 0 Å². The number of carbonyl (C=O) groups is 1. The molecule has 72 valence electrons. The summed E-state index contributed by atoms with van der Waals surface area (Å²) in [6.07, 6.45) is 3.23. The van der Waals surface area contributed by atoms with Crippen LogP contribution in [0.25, 0.3) is 11.0 Å². The van der Waals surface area contributed by atoms with Crippen LogP contribution in [0.4, 0.5) is 0 Å². The summed E-state index contributed by atoms with van der Waals surface area (Å²) in [5, 5.41) is 0. The van der Waals surface area contributed by atoms with Crippen molar-refractivity contribution in [2.24, 2.45) is 0 Å². The maximum atomic E-state index is 11.3. The number of hydrogen-bond donors (Lipinski definition) is 1. The molecule has 0 unspecified atom stereocenters. The predicted molar refractivity (Wildman–Crippen MR) is 55.1 cm³/mol. The summed E-state index contributed by atoms with van der Waals surface area (Å²) in [5.74, 6) is -0.383. The Morgan fingerprint density at radius 3 is 3.14 bits per heavy atom. The molecule has 2 aromatic heterocycles. The van der Waals surface area contributed by atoms with E-state index in [0.717, 1.165) is 9.99 Å². The van der Waals surface area contributed by atoms with Crippen molar-refractivity contribution in [3.63, 3.8) is 0 Å². The fourth-order valence-corrected chi connectivity index (χ4v) is 1.58. The number of esters is 1. The van der Waals surface area contributed by atoms with Gasteiger partial charge in [-0.3, -0.25) is 4.98 Å². The minimum atomic E-state index is -0.383. The minimum Gasteiger partial charge on any atom is -0.465 e. The second-order valence-corrected chi connectivity index (χ2v) is 3.66. The van der Waals surface area contributed by atoms with E-state index in [-0.39, 0.29) is 5.97 Å². The number of halogens is 1. The van der Waals surface area contributed by atoms with Crippen molar-refractivity contribution in [2.45, 2.75) is 0 Å². The third kappa shape index (κ3) is 1.39. The van der Waals surface area contributed by atoms with Crippen LogP contribution < -0.4 is 0 Å². The van der Waals surface area contributed by atoms with Gasteiger partial charge in [0.2, 0.25) is 0 Å². The van der Waals surface area contributed by atoms with E-state index >= 15 is 0 Å². The molecule has 0 aliphatic carbocycles. The first kappa shape index (κ1) is 9.21. The van der Waals surface area contributed by atoms with Crippen LogP contribution in [0.3, 0.4) is 0 Å². The summed E-state index contributed by atoms with van der Waals surface area (Å²) in [6.45, 7) is 0. The van der Waals surface area contributed by atoms with Gasteiger partial charge in [-0.25, -0.2) is 4.79 Å². The van der Waals surface area contributed by atoms with Crippen LogP contribution in [0.1, 0.15) is 10.4 Å². The Morgan fingerprint density at radius 2 is 2.43 bits per heavy atom. The van der Waals surface area contributed by atoms with Crippen LogP contribution in [-0.4, -0.2) is 23.0 Å². The van der Waals surface area contributed by atoms with E-state index in [9.17, 15) is 4.79 Å². The first-order valence-electron chi connectivity index (χ1n) is 3.93. The van der Waals surface area contributed by atoms with Gasteiger partial charge in [0.05, 0.1) is 12.6 Å². The fourth-order valence-electron chi connectivity index (χ4n) is 1.25. The second kappa shape index (κ2) is 3.42. The third-order valence-electron chi connectivity index (χ3n) is 1.89. The SMILES string of the molecule is COC(=O)c1c[nH]c2cc(Br)cnc12. The van der Waals surface area contributed by atoms with Gasteiger partial charge in [0.15, 0.2) is 0 Å². The molecule has 2 heterocycles. The second-order valence-electron chi connectivity index (χ2n) is 2.74. The molecule has 2 aromatic rings. The number of rotatable bonds is 1. The molecule has 0 spiro atoms. The van der Waals surface area contributed by atoms with Crippen molar-refractivity contribution in [3.05, 3.63) is 28.5 Å². The van der Waals surface area contributed by atoms with Gasteiger partial charge in [-0.1, -0.05) is 0 Å². The van der Waals surface area contributed by atoms with Gasteiger partial charge in [-0.05, 0) is 22.0 Å². The zero-order valence-corrected chi connectivity index (χ0v) is 8.96. The molecule has 0 aliphatic rings. The van der Waals surface area contributed by atoms with Gasteiger partial charge in [0.25, 0.3) is 0 Å². The quantitative estimate of drug-likeness (QED) is 0.794. The molecule has 0 radical (unpaired) electrons. The zero-order valence-electron chi connectivity index (χ0n) is 7.37. The van der Waals surface area contributed by atoms with Crippen LogP contribution in [0, 0.1) is 0 Å². The lowest BCUT2D eigenvalue weighted by Crippen LogP contribution is -2.00. The lowest BCUT2D eigenvalue weighted by molar-refractivity contribution is 0.0603. The molecule has 0 amide bonds. The number of hydrogen-bond acceptors (Lipinski definition) is 3. The highest BCUT2D eigenvalue weighted by Crippen LogP contribution is 2.19. The Bertz CT molecular complexity index is 493. The zero-order chi connectivity index (χ0) is 10.1. The van der Waals surface area contributed by atoms with E-state index in [1.165, 1.54) is 7.11 Å². The first-order valence-corrected chi connectivity index (χ1v) is 4.72. The number of nitrogens with one attached hydrogen (secondary N) is 1. The minimum absolute atomic E-state index is 0.383. The van der Waals surface area contributed by atoms with Gasteiger partial charge in [0, 0.05) is 16.9 Å². The maximum Gasteiger partial charge on any atom is 0.341 e. The molecule has 0 bridgehead atoms. The molecular formula is C9H7BrN2O2. The predicted octanol–water partition coefficient (Wildman–Crippen LogP) is 2.11. The lowest BCUT2D eigenvalue weighted by Gasteiger charge is -1.95. The van der Waals surface area contributed by atoms with Gasteiger partial charge in [-0.2, -0.15) is 0 Å². The maximum absolute atomic E-state index is 11.3. The number of aromatic nitrogens is 2. The van der Waals surface area contributed by atoms with Crippen molar-refractivity contribution < 1.29 is 9.53 Å². The molecular weight excluding hydrogens is 248 g/mol. The Balaban J connectivity index is 2.64. The highest BCUT2D eigenvalue weighted by atomic mass is 79.9. The van der Waals surface area contributed by atoms with Gasteiger partial charge < -0.3 is 9.72 Å². The summed E-state index contributed by atoms with van der Waals surface area (Å²) in [6, 6.07) is 1.86. The van der Waals surface area contributed by atoms with Crippen molar-refractivity contribution in [3.8, 4) is 0 Å². The molecule has 14 heavy (non-hydrogen) atoms. The Hall–Kier alpha value is -1.36. The number of ether oxygens (including phenoxy) is 1.